The van der Waals surface area contributed by atoms with Crippen LogP contribution in [-0.4, -0.2) is 36.7 Å². The van der Waals surface area contributed by atoms with Gasteiger partial charge in [-0.05, 0) is 97.9 Å². The van der Waals surface area contributed by atoms with Crippen LogP contribution < -0.4 is 4.74 Å². The van der Waals surface area contributed by atoms with E-state index in [1.165, 1.54) is 17.7 Å². The number of ether oxygens (including phenoxy) is 1. The van der Waals surface area contributed by atoms with Crippen molar-refractivity contribution in [3.8, 4) is 16.9 Å². The van der Waals surface area contributed by atoms with Gasteiger partial charge in [-0.15, -0.1) is 0 Å². The zero-order chi connectivity index (χ0) is 25.0. The number of carboxylic acids is 1. The van der Waals surface area contributed by atoms with Crippen LogP contribution in [0.4, 0.5) is 4.39 Å². The topological polar surface area (TPSA) is 49.8 Å². The standard InChI is InChI=1S/C30H36FNO3/c1-32(2)22-23-19-27(26-12-15-28(31)16-13-26)21-29(20-23)35-18-8-4-3-5-9-24-10-6-7-11-25(24)14-17-30(33)34/h6-7,10-13,15-16,19-21H,3-5,8-9,14,17-18,22H2,1-2H3,(H,33,34). The van der Waals surface area contributed by atoms with E-state index in [1.54, 1.807) is 12.1 Å². The monoisotopic (exact) mass is 477 g/mol. The van der Waals surface area contributed by atoms with Gasteiger partial charge < -0.3 is 14.7 Å². The normalized spacial score (nSPS) is 11.1. The number of carbonyl (C=O) groups is 1. The number of benzene rings is 3. The van der Waals surface area contributed by atoms with Crippen LogP contribution in [0.25, 0.3) is 11.1 Å². The SMILES string of the molecule is CN(C)Cc1cc(OCCCCCCc2ccccc2CCC(=O)O)cc(-c2ccc(F)cc2)c1. The molecule has 0 aliphatic heterocycles. The number of aryl methyl sites for hydroxylation is 2. The van der Waals surface area contributed by atoms with Gasteiger partial charge in [0, 0.05) is 13.0 Å². The van der Waals surface area contributed by atoms with E-state index in [2.05, 4.69) is 23.1 Å². The summed E-state index contributed by atoms with van der Waals surface area (Å²) in [7, 11) is 4.07. The predicted molar refractivity (Wildman–Crippen MR) is 139 cm³/mol. The van der Waals surface area contributed by atoms with E-state index in [1.807, 2.05) is 38.4 Å². The van der Waals surface area contributed by atoms with E-state index in [0.717, 1.165) is 66.7 Å². The van der Waals surface area contributed by atoms with Crippen LogP contribution in [0.2, 0.25) is 0 Å². The van der Waals surface area contributed by atoms with E-state index < -0.39 is 5.97 Å². The van der Waals surface area contributed by atoms with Crippen molar-refractivity contribution in [1.82, 2.24) is 4.90 Å². The number of aliphatic carboxylic acids is 1. The molecule has 5 heteroatoms. The molecule has 0 aliphatic rings. The smallest absolute Gasteiger partial charge is 0.303 e. The molecule has 0 fully saturated rings. The maximum absolute atomic E-state index is 13.4. The van der Waals surface area contributed by atoms with Gasteiger partial charge in [0.1, 0.15) is 11.6 Å². The molecule has 0 unspecified atom stereocenters. The van der Waals surface area contributed by atoms with Gasteiger partial charge in [-0.3, -0.25) is 4.79 Å². The van der Waals surface area contributed by atoms with Crippen molar-refractivity contribution in [3.05, 3.63) is 89.2 Å². The lowest BCUT2D eigenvalue weighted by molar-refractivity contribution is -0.136. The minimum absolute atomic E-state index is 0.174. The second kappa shape index (κ2) is 13.6. The summed E-state index contributed by atoms with van der Waals surface area (Å²) >= 11 is 0. The quantitative estimate of drug-likeness (QED) is 0.261. The van der Waals surface area contributed by atoms with E-state index in [4.69, 9.17) is 9.84 Å². The zero-order valence-corrected chi connectivity index (χ0v) is 20.8. The molecule has 0 aromatic heterocycles. The Morgan fingerprint density at radius 2 is 1.54 bits per heavy atom. The van der Waals surface area contributed by atoms with E-state index in [0.29, 0.717) is 13.0 Å². The highest BCUT2D eigenvalue weighted by Crippen LogP contribution is 2.27. The minimum Gasteiger partial charge on any atom is -0.494 e. The number of hydrogen-bond donors (Lipinski definition) is 1. The predicted octanol–water partition coefficient (Wildman–Crippen LogP) is 6.75. The molecule has 0 bridgehead atoms. The second-order valence-electron chi connectivity index (χ2n) is 9.29. The first-order valence-corrected chi connectivity index (χ1v) is 12.4. The molecule has 3 rings (SSSR count). The van der Waals surface area contributed by atoms with Crippen molar-refractivity contribution >= 4 is 5.97 Å². The molecule has 0 amide bonds. The number of unbranched alkanes of at least 4 members (excludes halogenated alkanes) is 3. The lowest BCUT2D eigenvalue weighted by Crippen LogP contribution is -2.11. The molecule has 186 valence electrons. The molecule has 1 N–H and O–H groups in total. The number of hydrogen-bond acceptors (Lipinski definition) is 3. The molecule has 35 heavy (non-hydrogen) atoms. The van der Waals surface area contributed by atoms with Gasteiger partial charge in [-0.1, -0.05) is 49.2 Å². The molecule has 0 atom stereocenters. The van der Waals surface area contributed by atoms with Crippen molar-refractivity contribution in [2.24, 2.45) is 0 Å². The fourth-order valence-corrected chi connectivity index (χ4v) is 4.26. The minimum atomic E-state index is -0.753. The largest absolute Gasteiger partial charge is 0.494 e. The Labute approximate surface area is 208 Å². The molecule has 0 radical (unpaired) electrons. The third-order valence-electron chi connectivity index (χ3n) is 5.98. The molecule has 0 aliphatic carbocycles. The highest BCUT2D eigenvalue weighted by Gasteiger charge is 2.07. The maximum atomic E-state index is 13.4. The van der Waals surface area contributed by atoms with E-state index in [-0.39, 0.29) is 12.2 Å². The molecule has 0 spiro atoms. The third kappa shape index (κ3) is 9.18. The van der Waals surface area contributed by atoms with Crippen molar-refractivity contribution in [2.75, 3.05) is 20.7 Å². The Morgan fingerprint density at radius 1 is 0.857 bits per heavy atom. The summed E-state index contributed by atoms with van der Waals surface area (Å²) in [6.45, 7) is 1.46. The Bertz CT molecular complexity index is 1080. The number of halogens is 1. The first kappa shape index (κ1) is 26.4. The molecular weight excluding hydrogens is 441 g/mol. The van der Waals surface area contributed by atoms with Crippen LogP contribution in [0.15, 0.2) is 66.7 Å². The summed E-state index contributed by atoms with van der Waals surface area (Å²) in [4.78, 5) is 13.0. The first-order valence-electron chi connectivity index (χ1n) is 12.4. The molecule has 0 heterocycles. The number of rotatable bonds is 14. The average molecular weight is 478 g/mol. The summed E-state index contributed by atoms with van der Waals surface area (Å²) < 4.78 is 19.5. The molecule has 0 saturated heterocycles. The van der Waals surface area contributed by atoms with E-state index in [9.17, 15) is 9.18 Å². The first-order chi connectivity index (χ1) is 16.9. The van der Waals surface area contributed by atoms with Crippen LogP contribution in [0.5, 0.6) is 5.75 Å². The summed E-state index contributed by atoms with van der Waals surface area (Å²) in [5, 5.41) is 8.95. The Hall–Kier alpha value is -3.18. The van der Waals surface area contributed by atoms with Crippen LogP contribution in [0, 0.1) is 5.82 Å². The fraction of sp³-hybridized carbons (Fsp3) is 0.367. The van der Waals surface area contributed by atoms with Crippen LogP contribution >= 0.6 is 0 Å². The highest BCUT2D eigenvalue weighted by molar-refractivity contribution is 5.67. The molecule has 3 aromatic carbocycles. The van der Waals surface area contributed by atoms with Crippen molar-refractivity contribution < 1.29 is 19.0 Å². The second-order valence-corrected chi connectivity index (χ2v) is 9.29. The van der Waals surface area contributed by atoms with Gasteiger partial charge in [0.25, 0.3) is 0 Å². The van der Waals surface area contributed by atoms with Gasteiger partial charge in [0.15, 0.2) is 0 Å². The van der Waals surface area contributed by atoms with Gasteiger partial charge in [0.05, 0.1) is 6.61 Å². The summed E-state index contributed by atoms with van der Waals surface area (Å²) in [6, 6.07) is 21.0. The molecule has 0 saturated carbocycles. The van der Waals surface area contributed by atoms with Gasteiger partial charge in [0.2, 0.25) is 0 Å². The molecular formula is C30H36FNO3. The number of carboxylic acid groups (broad SMARTS) is 1. The lowest BCUT2D eigenvalue weighted by atomic mass is 9.98. The van der Waals surface area contributed by atoms with Crippen LogP contribution in [-0.2, 0) is 24.2 Å². The highest BCUT2D eigenvalue weighted by atomic mass is 19.1. The maximum Gasteiger partial charge on any atom is 0.303 e. The number of nitrogens with zero attached hydrogens (tertiary/aromatic N) is 1. The van der Waals surface area contributed by atoms with E-state index >= 15 is 0 Å². The zero-order valence-electron chi connectivity index (χ0n) is 20.8. The van der Waals surface area contributed by atoms with Crippen molar-refractivity contribution in [3.63, 3.8) is 0 Å². The Balaban J connectivity index is 1.47. The lowest BCUT2D eigenvalue weighted by Gasteiger charge is -2.15. The average Bonchev–Trinajstić information content (AvgIpc) is 2.82. The summed E-state index contributed by atoms with van der Waals surface area (Å²) in [6.07, 6.45) is 5.99. The third-order valence-corrected chi connectivity index (χ3v) is 5.98. The van der Waals surface area contributed by atoms with Crippen LogP contribution in [0.1, 0.15) is 48.8 Å². The van der Waals surface area contributed by atoms with Crippen molar-refractivity contribution in [1.29, 1.82) is 0 Å². The summed E-state index contributed by atoms with van der Waals surface area (Å²) in [5.74, 6) is -0.147. The Morgan fingerprint density at radius 3 is 2.23 bits per heavy atom. The summed E-state index contributed by atoms with van der Waals surface area (Å²) in [5.41, 5.74) is 5.57. The molecule has 4 nitrogen and oxygen atoms in total. The van der Waals surface area contributed by atoms with Crippen molar-refractivity contribution in [2.45, 2.75) is 51.5 Å². The van der Waals surface area contributed by atoms with Gasteiger partial charge in [-0.2, -0.15) is 0 Å². The van der Waals surface area contributed by atoms with Crippen LogP contribution in [0.3, 0.4) is 0 Å². The fourth-order valence-electron chi connectivity index (χ4n) is 4.26. The van der Waals surface area contributed by atoms with Gasteiger partial charge >= 0.3 is 5.97 Å². The van der Waals surface area contributed by atoms with Gasteiger partial charge in [-0.25, -0.2) is 4.39 Å². The Kier molecular flexibility index (Phi) is 10.3. The molecule has 3 aromatic rings.